The first kappa shape index (κ1) is 26.0. The Kier molecular flexibility index (Phi) is 8.81. The van der Waals surface area contributed by atoms with E-state index in [0.29, 0.717) is 35.4 Å². The number of methoxy groups -OCH3 is 1. The molecule has 0 radical (unpaired) electrons. The van der Waals surface area contributed by atoms with E-state index in [1.54, 1.807) is 19.4 Å². The summed E-state index contributed by atoms with van der Waals surface area (Å²) in [6, 6.07) is 13.4. The number of carbonyl (C=O) groups is 1. The number of hydrogen-bond donors (Lipinski definition) is 2. The van der Waals surface area contributed by atoms with Crippen molar-refractivity contribution in [1.82, 2.24) is 14.9 Å². The van der Waals surface area contributed by atoms with Crippen LogP contribution in [-0.4, -0.2) is 61.1 Å². The van der Waals surface area contributed by atoms with E-state index in [0.717, 1.165) is 47.5 Å². The third-order valence-corrected chi connectivity index (χ3v) is 6.56. The van der Waals surface area contributed by atoms with Gasteiger partial charge in [-0.3, -0.25) is 4.79 Å². The van der Waals surface area contributed by atoms with Crippen molar-refractivity contribution in [2.24, 2.45) is 0 Å². The molecule has 2 heterocycles. The minimum absolute atomic E-state index is 0.0228. The van der Waals surface area contributed by atoms with Gasteiger partial charge in [-0.15, -0.1) is 0 Å². The summed E-state index contributed by atoms with van der Waals surface area (Å²) in [4.78, 5) is 25.6. The van der Waals surface area contributed by atoms with Crippen LogP contribution in [0, 0.1) is 3.57 Å². The zero-order valence-electron chi connectivity index (χ0n) is 20.8. The van der Waals surface area contributed by atoms with E-state index in [1.807, 2.05) is 37.3 Å². The predicted octanol–water partition coefficient (Wildman–Crippen LogP) is 5.12. The molecule has 190 valence electrons. The third-order valence-electron chi connectivity index (χ3n) is 5.82. The number of benzene rings is 2. The summed E-state index contributed by atoms with van der Waals surface area (Å²) in [7, 11) is 3.80. The van der Waals surface area contributed by atoms with Crippen LogP contribution in [-0.2, 0) is 4.79 Å². The minimum Gasteiger partial charge on any atom is -0.494 e. The second-order valence-corrected chi connectivity index (χ2v) is 9.74. The highest BCUT2D eigenvalue weighted by Crippen LogP contribution is 2.33. The van der Waals surface area contributed by atoms with Gasteiger partial charge < -0.3 is 29.9 Å². The van der Waals surface area contributed by atoms with Crippen LogP contribution in [0.25, 0.3) is 0 Å². The Labute approximate surface area is 225 Å². The number of amides is 1. The van der Waals surface area contributed by atoms with Gasteiger partial charge in [0, 0.05) is 62.3 Å². The topological polar surface area (TPSA) is 91.8 Å². The fraction of sp³-hybridized carbons (Fsp3) is 0.346. The summed E-state index contributed by atoms with van der Waals surface area (Å²) < 4.78 is 12.5. The molecule has 1 saturated heterocycles. The Morgan fingerprint density at radius 1 is 1.14 bits per heavy atom. The molecule has 0 atom stereocenters. The first-order valence-electron chi connectivity index (χ1n) is 11.9. The fourth-order valence-corrected chi connectivity index (χ4v) is 4.22. The molecule has 9 nitrogen and oxygen atoms in total. The molecule has 0 spiro atoms. The molecule has 2 aromatic carbocycles. The van der Waals surface area contributed by atoms with Crippen molar-refractivity contribution >= 4 is 51.5 Å². The van der Waals surface area contributed by atoms with E-state index >= 15 is 0 Å². The van der Waals surface area contributed by atoms with Gasteiger partial charge in [0.15, 0.2) is 0 Å². The average molecular weight is 602 g/mol. The van der Waals surface area contributed by atoms with E-state index < -0.39 is 0 Å². The highest BCUT2D eigenvalue weighted by Gasteiger charge is 2.17. The first-order valence-corrected chi connectivity index (χ1v) is 13.0. The smallest absolute Gasteiger partial charge is 0.237 e. The Hall–Kier alpha value is -3.12. The number of hydrogen-bond acceptors (Lipinski definition) is 8. The monoisotopic (exact) mass is 602 g/mol. The van der Waals surface area contributed by atoms with Gasteiger partial charge in [-0.25, -0.2) is 4.98 Å². The maximum Gasteiger partial charge on any atom is 0.237 e. The molecule has 0 saturated carbocycles. The molecule has 36 heavy (non-hydrogen) atoms. The lowest BCUT2D eigenvalue weighted by Gasteiger charge is -2.34. The lowest BCUT2D eigenvalue weighted by molar-refractivity contribution is -0.116. The number of nitrogens with zero attached hydrogens (tertiary/aromatic N) is 4. The number of carbonyl (C=O) groups excluding carboxylic acids is 1. The molecule has 2 N–H and O–H groups in total. The van der Waals surface area contributed by atoms with Crippen LogP contribution in [0.1, 0.15) is 19.8 Å². The molecule has 1 fully saturated rings. The van der Waals surface area contributed by atoms with Crippen LogP contribution in [0.2, 0.25) is 0 Å². The number of piperazine rings is 1. The van der Waals surface area contributed by atoms with Crippen molar-refractivity contribution in [3.8, 4) is 17.4 Å². The van der Waals surface area contributed by atoms with Crippen LogP contribution in [0.3, 0.4) is 0 Å². The van der Waals surface area contributed by atoms with Gasteiger partial charge in [0.2, 0.25) is 17.7 Å². The molecule has 1 aromatic heterocycles. The number of rotatable bonds is 9. The molecule has 0 aliphatic carbocycles. The van der Waals surface area contributed by atoms with Gasteiger partial charge in [-0.2, -0.15) is 4.98 Å². The molecule has 1 aliphatic rings. The zero-order chi connectivity index (χ0) is 25.5. The molecule has 10 heteroatoms. The summed E-state index contributed by atoms with van der Waals surface area (Å²) in [5, 5.41) is 6.14. The molecule has 3 aromatic rings. The second kappa shape index (κ2) is 12.2. The van der Waals surface area contributed by atoms with Crippen molar-refractivity contribution in [2.75, 3.05) is 55.9 Å². The van der Waals surface area contributed by atoms with E-state index in [9.17, 15) is 4.79 Å². The van der Waals surface area contributed by atoms with E-state index in [1.165, 1.54) is 0 Å². The van der Waals surface area contributed by atoms with Crippen LogP contribution in [0.5, 0.6) is 17.4 Å². The van der Waals surface area contributed by atoms with Crippen molar-refractivity contribution < 1.29 is 14.3 Å². The molecule has 0 bridgehead atoms. The van der Waals surface area contributed by atoms with Crippen LogP contribution in [0.4, 0.5) is 23.0 Å². The molecular weight excluding hydrogens is 571 g/mol. The van der Waals surface area contributed by atoms with Crippen molar-refractivity contribution in [3.05, 3.63) is 52.2 Å². The van der Waals surface area contributed by atoms with Crippen molar-refractivity contribution in [2.45, 2.75) is 19.8 Å². The first-order chi connectivity index (χ1) is 17.4. The summed E-state index contributed by atoms with van der Waals surface area (Å²) in [6.45, 7) is 6.01. The summed E-state index contributed by atoms with van der Waals surface area (Å²) in [5.74, 6) is 2.07. The summed E-state index contributed by atoms with van der Waals surface area (Å²) in [5.41, 5.74) is 2.57. The van der Waals surface area contributed by atoms with E-state index in [4.69, 9.17) is 9.47 Å². The van der Waals surface area contributed by atoms with E-state index in [2.05, 4.69) is 66.1 Å². The Balaban J connectivity index is 1.48. The van der Waals surface area contributed by atoms with Gasteiger partial charge in [-0.1, -0.05) is 13.0 Å². The number of ether oxygens (including phenoxy) is 2. The number of halogens is 1. The Morgan fingerprint density at radius 2 is 1.94 bits per heavy atom. The molecule has 1 amide bonds. The van der Waals surface area contributed by atoms with Crippen LogP contribution in [0.15, 0.2) is 48.7 Å². The maximum absolute atomic E-state index is 11.9. The Morgan fingerprint density at radius 3 is 2.69 bits per heavy atom. The normalized spacial score (nSPS) is 13.8. The highest BCUT2D eigenvalue weighted by molar-refractivity contribution is 14.1. The number of aromatic nitrogens is 2. The van der Waals surface area contributed by atoms with Crippen molar-refractivity contribution in [3.63, 3.8) is 0 Å². The van der Waals surface area contributed by atoms with Crippen LogP contribution < -0.4 is 25.0 Å². The average Bonchev–Trinajstić information content (AvgIpc) is 2.87. The second-order valence-electron chi connectivity index (χ2n) is 8.57. The lowest BCUT2D eigenvalue weighted by atomic mass is 10.2. The quantitative estimate of drug-likeness (QED) is 0.327. The number of nitrogens with one attached hydrogen (secondary N) is 2. The van der Waals surface area contributed by atoms with Crippen LogP contribution >= 0.6 is 22.6 Å². The zero-order valence-corrected chi connectivity index (χ0v) is 22.9. The fourth-order valence-electron chi connectivity index (χ4n) is 3.85. The largest absolute Gasteiger partial charge is 0.494 e. The van der Waals surface area contributed by atoms with E-state index in [-0.39, 0.29) is 5.91 Å². The third kappa shape index (κ3) is 6.76. The van der Waals surface area contributed by atoms with Gasteiger partial charge in [0.1, 0.15) is 11.5 Å². The predicted molar refractivity (Wildman–Crippen MR) is 151 cm³/mol. The van der Waals surface area contributed by atoms with Crippen molar-refractivity contribution in [1.29, 1.82) is 0 Å². The van der Waals surface area contributed by atoms with Gasteiger partial charge in [-0.05, 0) is 60.3 Å². The summed E-state index contributed by atoms with van der Waals surface area (Å²) >= 11 is 2.14. The molecule has 4 rings (SSSR count). The van der Waals surface area contributed by atoms with Gasteiger partial charge in [0.25, 0.3) is 0 Å². The van der Waals surface area contributed by atoms with Gasteiger partial charge >= 0.3 is 0 Å². The Bertz CT molecular complexity index is 1200. The standard InChI is InChI=1S/C26H31IN6O3/c1-4-6-24(34)29-18-7-5-8-20(15-18)36-25-21(27)17-28-26(31-25)30-22-10-9-19(16-23(22)35-3)33-13-11-32(2)12-14-33/h5,7-10,15-17H,4,6,11-14H2,1-3H3,(H,29,34)(H,28,30,31). The molecule has 0 unspecified atom stereocenters. The molecular formula is C26H31IN6O3. The maximum atomic E-state index is 11.9. The number of likely N-dealkylation sites (N-methyl/N-ethyl adjacent to an activating group) is 1. The summed E-state index contributed by atoms with van der Waals surface area (Å²) in [6.07, 6.45) is 2.97. The lowest BCUT2D eigenvalue weighted by Crippen LogP contribution is -2.44. The number of anilines is 4. The minimum atomic E-state index is -0.0228. The SMILES string of the molecule is CCCC(=O)Nc1cccc(Oc2nc(Nc3ccc(N4CCN(C)CC4)cc3OC)ncc2I)c1. The molecule has 1 aliphatic heterocycles. The van der Waals surface area contributed by atoms with Gasteiger partial charge in [0.05, 0.1) is 16.4 Å². The highest BCUT2D eigenvalue weighted by atomic mass is 127.